The summed E-state index contributed by atoms with van der Waals surface area (Å²) in [6, 6.07) is 10.9. The van der Waals surface area contributed by atoms with Crippen molar-refractivity contribution in [1.82, 2.24) is 0 Å². The zero-order valence-electron chi connectivity index (χ0n) is 12.2. The number of allylic oxidation sites excluding steroid dienone is 1. The van der Waals surface area contributed by atoms with Crippen LogP contribution in [0.4, 0.5) is 11.4 Å². The second-order valence-corrected chi connectivity index (χ2v) is 6.28. The lowest BCUT2D eigenvalue weighted by Crippen LogP contribution is -2.11. The molecular formula is C15H13N3O5S. The molecule has 0 aliphatic rings. The van der Waals surface area contributed by atoms with E-state index in [4.69, 9.17) is 5.14 Å². The number of carbonyl (C=O) groups is 1. The van der Waals surface area contributed by atoms with Crippen molar-refractivity contribution in [2.75, 3.05) is 5.32 Å². The lowest BCUT2D eigenvalue weighted by molar-refractivity contribution is -0.384. The van der Waals surface area contributed by atoms with E-state index >= 15 is 0 Å². The number of hydrogen-bond acceptors (Lipinski definition) is 6. The number of nitrogens with one attached hydrogen (secondary N) is 1. The van der Waals surface area contributed by atoms with Gasteiger partial charge in [0.2, 0.25) is 10.0 Å². The van der Waals surface area contributed by atoms with E-state index in [9.17, 15) is 23.3 Å². The summed E-state index contributed by atoms with van der Waals surface area (Å²) < 4.78 is 22.3. The Morgan fingerprint density at radius 3 is 2.17 bits per heavy atom. The van der Waals surface area contributed by atoms with Gasteiger partial charge in [-0.15, -0.1) is 0 Å². The number of benzene rings is 2. The summed E-state index contributed by atoms with van der Waals surface area (Å²) in [4.78, 5) is 21.9. The second kappa shape index (κ2) is 7.02. The summed E-state index contributed by atoms with van der Waals surface area (Å²) in [5.41, 5.74) is 0.780. The van der Waals surface area contributed by atoms with E-state index in [2.05, 4.69) is 5.32 Å². The maximum atomic E-state index is 11.9. The first kappa shape index (κ1) is 17.3. The van der Waals surface area contributed by atoms with Gasteiger partial charge in [-0.3, -0.25) is 14.9 Å². The SMILES string of the molecule is NS(=O)(=O)c1ccc(N/C=C/C(=O)c2ccc([N+](=O)[O-])cc2)cc1. The Labute approximate surface area is 137 Å². The van der Waals surface area contributed by atoms with Crippen molar-refractivity contribution in [2.45, 2.75) is 4.90 Å². The number of anilines is 1. The molecule has 0 fully saturated rings. The van der Waals surface area contributed by atoms with Crippen molar-refractivity contribution in [3.8, 4) is 0 Å². The molecule has 2 aromatic rings. The highest BCUT2D eigenvalue weighted by Gasteiger charge is 2.08. The highest BCUT2D eigenvalue weighted by Crippen LogP contribution is 2.14. The van der Waals surface area contributed by atoms with E-state index < -0.39 is 14.9 Å². The van der Waals surface area contributed by atoms with Crippen molar-refractivity contribution in [2.24, 2.45) is 5.14 Å². The minimum absolute atomic E-state index is 0.0148. The molecule has 0 saturated carbocycles. The molecule has 0 heterocycles. The maximum Gasteiger partial charge on any atom is 0.269 e. The van der Waals surface area contributed by atoms with Gasteiger partial charge in [0.05, 0.1) is 9.82 Å². The Bertz CT molecular complexity index is 888. The molecule has 3 N–H and O–H groups in total. The molecule has 8 nitrogen and oxygen atoms in total. The highest BCUT2D eigenvalue weighted by atomic mass is 32.2. The van der Waals surface area contributed by atoms with Crippen LogP contribution in [0.25, 0.3) is 0 Å². The lowest BCUT2D eigenvalue weighted by atomic mass is 10.1. The standard InChI is InChI=1S/C15H13N3O5S/c16-24(22,23)14-7-3-12(4-8-14)17-10-9-15(19)11-1-5-13(6-2-11)18(20)21/h1-10,17H,(H2,16,22,23)/b10-9+. The van der Waals surface area contributed by atoms with Crippen LogP contribution in [-0.4, -0.2) is 19.1 Å². The Hall–Kier alpha value is -3.04. The first-order valence-corrected chi connectivity index (χ1v) is 8.17. The molecule has 0 spiro atoms. The number of carbonyl (C=O) groups excluding carboxylic acids is 1. The van der Waals surface area contributed by atoms with Crippen LogP contribution >= 0.6 is 0 Å². The summed E-state index contributed by atoms with van der Waals surface area (Å²) >= 11 is 0. The number of rotatable bonds is 6. The number of nitrogens with two attached hydrogens (primary N) is 1. The van der Waals surface area contributed by atoms with Crippen molar-refractivity contribution in [3.63, 3.8) is 0 Å². The molecule has 0 atom stereocenters. The van der Waals surface area contributed by atoms with Gasteiger partial charge in [-0.05, 0) is 36.4 Å². The first-order chi connectivity index (χ1) is 11.3. The van der Waals surface area contributed by atoms with Crippen LogP contribution in [0.15, 0.2) is 65.7 Å². The average molecular weight is 347 g/mol. The predicted molar refractivity (Wildman–Crippen MR) is 88.0 cm³/mol. The van der Waals surface area contributed by atoms with Crippen molar-refractivity contribution < 1.29 is 18.1 Å². The largest absolute Gasteiger partial charge is 0.362 e. The van der Waals surface area contributed by atoms with Crippen LogP contribution < -0.4 is 10.5 Å². The van der Waals surface area contributed by atoms with Gasteiger partial charge in [-0.1, -0.05) is 0 Å². The molecular weight excluding hydrogens is 334 g/mol. The third-order valence-corrected chi connectivity index (χ3v) is 3.96. The molecule has 24 heavy (non-hydrogen) atoms. The molecule has 0 aliphatic carbocycles. The number of hydrogen-bond donors (Lipinski definition) is 2. The van der Waals surface area contributed by atoms with Crippen LogP contribution in [0.1, 0.15) is 10.4 Å². The van der Waals surface area contributed by atoms with Gasteiger partial charge < -0.3 is 5.32 Å². The van der Waals surface area contributed by atoms with Crippen LogP contribution in [-0.2, 0) is 10.0 Å². The second-order valence-electron chi connectivity index (χ2n) is 4.72. The third kappa shape index (κ3) is 4.48. The lowest BCUT2D eigenvalue weighted by Gasteiger charge is -2.02. The van der Waals surface area contributed by atoms with E-state index in [0.717, 1.165) is 0 Å². The predicted octanol–water partition coefficient (Wildman–Crippen LogP) is 2.05. The van der Waals surface area contributed by atoms with Crippen LogP contribution in [0, 0.1) is 10.1 Å². The number of ketones is 1. The third-order valence-electron chi connectivity index (χ3n) is 3.03. The molecule has 2 rings (SSSR count). The van der Waals surface area contributed by atoms with Crippen LogP contribution in [0.2, 0.25) is 0 Å². The molecule has 0 aliphatic heterocycles. The van der Waals surface area contributed by atoms with E-state index in [-0.39, 0.29) is 16.4 Å². The Morgan fingerprint density at radius 2 is 1.67 bits per heavy atom. The van der Waals surface area contributed by atoms with E-state index in [1.165, 1.54) is 60.8 Å². The minimum Gasteiger partial charge on any atom is -0.362 e. The van der Waals surface area contributed by atoms with Crippen molar-refractivity contribution >= 4 is 27.2 Å². The fourth-order valence-electron chi connectivity index (χ4n) is 1.80. The minimum atomic E-state index is -3.75. The summed E-state index contributed by atoms with van der Waals surface area (Å²) in [7, 11) is -3.75. The molecule has 0 bridgehead atoms. The van der Waals surface area contributed by atoms with Crippen LogP contribution in [0.3, 0.4) is 0 Å². The number of nitrogens with zero attached hydrogens (tertiary/aromatic N) is 1. The number of sulfonamides is 1. The molecule has 9 heteroatoms. The zero-order chi connectivity index (χ0) is 17.7. The van der Waals surface area contributed by atoms with Gasteiger partial charge in [-0.2, -0.15) is 0 Å². The molecule has 0 aromatic heterocycles. The molecule has 0 saturated heterocycles. The highest BCUT2D eigenvalue weighted by molar-refractivity contribution is 7.89. The van der Waals surface area contributed by atoms with Gasteiger partial charge in [0.15, 0.2) is 5.78 Å². The molecule has 2 aromatic carbocycles. The monoisotopic (exact) mass is 347 g/mol. The molecule has 0 amide bonds. The Kier molecular flexibility index (Phi) is 5.07. The van der Waals surface area contributed by atoms with Gasteiger partial charge >= 0.3 is 0 Å². The van der Waals surface area contributed by atoms with Crippen LogP contribution in [0.5, 0.6) is 0 Å². The fraction of sp³-hybridized carbons (Fsp3) is 0. The smallest absolute Gasteiger partial charge is 0.269 e. The normalized spacial score (nSPS) is 11.4. The zero-order valence-corrected chi connectivity index (χ0v) is 13.1. The van der Waals surface area contributed by atoms with Gasteiger partial charge in [-0.25, -0.2) is 13.6 Å². The summed E-state index contributed by atoms with van der Waals surface area (Å²) in [5.74, 6) is -0.335. The first-order valence-electron chi connectivity index (χ1n) is 6.62. The summed E-state index contributed by atoms with van der Waals surface area (Å²) in [6.45, 7) is 0. The van der Waals surface area contributed by atoms with E-state index in [1.54, 1.807) is 0 Å². The van der Waals surface area contributed by atoms with Gasteiger partial charge in [0.25, 0.3) is 5.69 Å². The maximum absolute atomic E-state index is 11.9. The Balaban J connectivity index is 2.00. The number of non-ortho nitro benzene ring substituents is 1. The average Bonchev–Trinajstić information content (AvgIpc) is 2.54. The van der Waals surface area contributed by atoms with Crippen molar-refractivity contribution in [3.05, 3.63) is 76.5 Å². The molecule has 0 unspecified atom stereocenters. The Morgan fingerprint density at radius 1 is 1.08 bits per heavy atom. The topological polar surface area (TPSA) is 132 Å². The molecule has 124 valence electrons. The fourth-order valence-corrected chi connectivity index (χ4v) is 2.31. The number of nitro benzene ring substituents is 1. The van der Waals surface area contributed by atoms with E-state index in [0.29, 0.717) is 11.3 Å². The number of primary sulfonamides is 1. The summed E-state index contributed by atoms with van der Waals surface area (Å²) in [5, 5.41) is 18.3. The number of nitro groups is 1. The van der Waals surface area contributed by atoms with Gasteiger partial charge in [0, 0.05) is 35.7 Å². The van der Waals surface area contributed by atoms with E-state index in [1.807, 2.05) is 0 Å². The van der Waals surface area contributed by atoms with Gasteiger partial charge in [0.1, 0.15) is 0 Å². The molecule has 0 radical (unpaired) electrons. The van der Waals surface area contributed by atoms with Crippen molar-refractivity contribution in [1.29, 1.82) is 0 Å². The quantitative estimate of drug-likeness (QED) is 0.356. The summed E-state index contributed by atoms with van der Waals surface area (Å²) in [6.07, 6.45) is 2.64.